The number of hydrogen-bond donors (Lipinski definition) is 1. The van der Waals surface area contributed by atoms with Gasteiger partial charge >= 0.3 is 0 Å². The standard InChI is InChI=1S/C17H22BrNO/c1-2-19-15-11-16(12-6-4-3-5-7-12)20-17-10-13(18)8-9-14(15)17/h3-4,8-10,12,15-16,19H,2,5-7,11H2,1H3. The summed E-state index contributed by atoms with van der Waals surface area (Å²) in [5.41, 5.74) is 1.30. The van der Waals surface area contributed by atoms with E-state index in [2.05, 4.69) is 58.5 Å². The zero-order valence-electron chi connectivity index (χ0n) is 11.9. The van der Waals surface area contributed by atoms with Crippen LogP contribution in [0.2, 0.25) is 0 Å². The number of benzene rings is 1. The van der Waals surface area contributed by atoms with Crippen LogP contribution in [0.3, 0.4) is 0 Å². The average molecular weight is 336 g/mol. The van der Waals surface area contributed by atoms with Crippen LogP contribution in [0.5, 0.6) is 5.75 Å². The van der Waals surface area contributed by atoms with Crippen molar-refractivity contribution in [3.05, 3.63) is 40.4 Å². The number of ether oxygens (including phenoxy) is 1. The molecule has 1 aliphatic heterocycles. The summed E-state index contributed by atoms with van der Waals surface area (Å²) in [5, 5.41) is 3.62. The monoisotopic (exact) mass is 335 g/mol. The quantitative estimate of drug-likeness (QED) is 0.814. The SMILES string of the molecule is CCNC1CC(C2CC=CCC2)Oc2cc(Br)ccc21. The molecule has 1 aromatic rings. The highest BCUT2D eigenvalue weighted by Crippen LogP contribution is 2.40. The molecule has 1 N–H and O–H groups in total. The highest BCUT2D eigenvalue weighted by Gasteiger charge is 2.32. The average Bonchev–Trinajstić information content (AvgIpc) is 2.48. The van der Waals surface area contributed by atoms with Crippen LogP contribution in [0.4, 0.5) is 0 Å². The summed E-state index contributed by atoms with van der Waals surface area (Å²) < 4.78 is 7.42. The smallest absolute Gasteiger partial charge is 0.125 e. The Balaban J connectivity index is 1.85. The molecule has 3 atom stereocenters. The van der Waals surface area contributed by atoms with Crippen LogP contribution < -0.4 is 10.1 Å². The van der Waals surface area contributed by atoms with Gasteiger partial charge in [0.25, 0.3) is 0 Å². The molecular weight excluding hydrogens is 314 g/mol. The van der Waals surface area contributed by atoms with Crippen LogP contribution in [0.15, 0.2) is 34.8 Å². The summed E-state index contributed by atoms with van der Waals surface area (Å²) >= 11 is 3.55. The van der Waals surface area contributed by atoms with E-state index >= 15 is 0 Å². The molecule has 0 saturated carbocycles. The molecule has 0 aromatic heterocycles. The molecule has 2 aliphatic rings. The van der Waals surface area contributed by atoms with E-state index in [0.717, 1.165) is 29.6 Å². The molecule has 108 valence electrons. The van der Waals surface area contributed by atoms with Gasteiger partial charge in [0, 0.05) is 22.5 Å². The van der Waals surface area contributed by atoms with E-state index in [1.807, 2.05) is 0 Å². The molecule has 1 aromatic carbocycles. The minimum atomic E-state index is 0.339. The predicted molar refractivity (Wildman–Crippen MR) is 86.1 cm³/mol. The summed E-state index contributed by atoms with van der Waals surface area (Å²) in [6.07, 6.45) is 9.65. The van der Waals surface area contributed by atoms with Gasteiger partial charge in [-0.25, -0.2) is 0 Å². The first-order chi connectivity index (χ1) is 9.78. The maximum Gasteiger partial charge on any atom is 0.125 e. The molecule has 0 fully saturated rings. The van der Waals surface area contributed by atoms with Crippen molar-refractivity contribution in [2.24, 2.45) is 5.92 Å². The van der Waals surface area contributed by atoms with Crippen molar-refractivity contribution in [2.75, 3.05) is 6.54 Å². The zero-order valence-corrected chi connectivity index (χ0v) is 13.5. The Hall–Kier alpha value is -0.800. The van der Waals surface area contributed by atoms with Crippen LogP contribution >= 0.6 is 15.9 Å². The van der Waals surface area contributed by atoms with Crippen LogP contribution in [0.1, 0.15) is 44.2 Å². The third kappa shape index (κ3) is 2.94. The van der Waals surface area contributed by atoms with E-state index in [9.17, 15) is 0 Å². The van der Waals surface area contributed by atoms with E-state index < -0.39 is 0 Å². The summed E-state index contributed by atoms with van der Waals surface area (Å²) in [5.74, 6) is 1.71. The maximum atomic E-state index is 6.32. The molecule has 20 heavy (non-hydrogen) atoms. The molecular formula is C17H22BrNO. The number of halogens is 1. The Morgan fingerprint density at radius 2 is 2.25 bits per heavy atom. The van der Waals surface area contributed by atoms with Gasteiger partial charge in [0.05, 0.1) is 0 Å². The number of allylic oxidation sites excluding steroid dienone is 2. The van der Waals surface area contributed by atoms with Gasteiger partial charge in [-0.15, -0.1) is 0 Å². The molecule has 1 heterocycles. The lowest BCUT2D eigenvalue weighted by molar-refractivity contribution is 0.0876. The van der Waals surface area contributed by atoms with E-state index in [0.29, 0.717) is 18.1 Å². The summed E-state index contributed by atoms with van der Waals surface area (Å²) in [4.78, 5) is 0. The van der Waals surface area contributed by atoms with E-state index in [1.165, 1.54) is 18.4 Å². The second-order valence-corrected chi connectivity index (χ2v) is 6.64. The fourth-order valence-electron chi connectivity index (χ4n) is 3.35. The Bertz CT molecular complexity index is 500. The molecule has 3 heteroatoms. The first-order valence-electron chi connectivity index (χ1n) is 7.62. The van der Waals surface area contributed by atoms with Gasteiger partial charge in [0.1, 0.15) is 11.9 Å². The Kier molecular flexibility index (Phi) is 4.47. The Morgan fingerprint density at radius 1 is 1.35 bits per heavy atom. The lowest BCUT2D eigenvalue weighted by atomic mass is 9.83. The topological polar surface area (TPSA) is 21.3 Å². The second kappa shape index (κ2) is 6.31. The third-order valence-corrected chi connectivity index (χ3v) is 4.88. The van der Waals surface area contributed by atoms with Gasteiger partial charge in [-0.05, 0) is 43.9 Å². The highest BCUT2D eigenvalue weighted by atomic mass is 79.9. The molecule has 0 amide bonds. The molecule has 0 radical (unpaired) electrons. The Morgan fingerprint density at radius 3 is 3.00 bits per heavy atom. The second-order valence-electron chi connectivity index (χ2n) is 5.73. The molecule has 0 bridgehead atoms. The van der Waals surface area contributed by atoms with Gasteiger partial charge in [0.15, 0.2) is 0 Å². The number of rotatable bonds is 3. The molecule has 3 rings (SSSR count). The van der Waals surface area contributed by atoms with Crippen molar-refractivity contribution >= 4 is 15.9 Å². The first-order valence-corrected chi connectivity index (χ1v) is 8.41. The summed E-state index contributed by atoms with van der Waals surface area (Å²) in [7, 11) is 0. The number of nitrogens with one attached hydrogen (secondary N) is 1. The van der Waals surface area contributed by atoms with Gasteiger partial charge in [-0.3, -0.25) is 0 Å². The van der Waals surface area contributed by atoms with Gasteiger partial charge < -0.3 is 10.1 Å². The van der Waals surface area contributed by atoms with Crippen LogP contribution in [0.25, 0.3) is 0 Å². The van der Waals surface area contributed by atoms with E-state index in [-0.39, 0.29) is 0 Å². The van der Waals surface area contributed by atoms with Crippen LogP contribution in [-0.2, 0) is 0 Å². The largest absolute Gasteiger partial charge is 0.490 e. The van der Waals surface area contributed by atoms with Crippen molar-refractivity contribution in [1.82, 2.24) is 5.32 Å². The lowest BCUT2D eigenvalue weighted by Gasteiger charge is -2.37. The van der Waals surface area contributed by atoms with Crippen molar-refractivity contribution in [2.45, 2.75) is 44.8 Å². The minimum absolute atomic E-state index is 0.339. The molecule has 0 saturated heterocycles. The van der Waals surface area contributed by atoms with Crippen molar-refractivity contribution in [3.63, 3.8) is 0 Å². The van der Waals surface area contributed by atoms with Crippen LogP contribution in [-0.4, -0.2) is 12.6 Å². The molecule has 1 aliphatic carbocycles. The first kappa shape index (κ1) is 14.2. The van der Waals surface area contributed by atoms with Crippen molar-refractivity contribution in [1.29, 1.82) is 0 Å². The summed E-state index contributed by atoms with van der Waals surface area (Å²) in [6, 6.07) is 6.83. The third-order valence-electron chi connectivity index (χ3n) is 4.38. The fourth-order valence-corrected chi connectivity index (χ4v) is 3.69. The summed E-state index contributed by atoms with van der Waals surface area (Å²) in [6.45, 7) is 3.17. The fraction of sp³-hybridized carbons (Fsp3) is 0.529. The molecule has 3 unspecified atom stereocenters. The molecule has 0 spiro atoms. The minimum Gasteiger partial charge on any atom is -0.490 e. The molecule has 2 nitrogen and oxygen atoms in total. The maximum absolute atomic E-state index is 6.32. The van der Waals surface area contributed by atoms with Crippen molar-refractivity contribution < 1.29 is 4.74 Å². The lowest BCUT2D eigenvalue weighted by Crippen LogP contribution is -2.37. The number of hydrogen-bond acceptors (Lipinski definition) is 2. The van der Waals surface area contributed by atoms with Gasteiger partial charge in [-0.1, -0.05) is 41.1 Å². The van der Waals surface area contributed by atoms with E-state index in [4.69, 9.17) is 4.74 Å². The van der Waals surface area contributed by atoms with E-state index in [1.54, 1.807) is 0 Å². The van der Waals surface area contributed by atoms with Gasteiger partial charge in [0.2, 0.25) is 0 Å². The zero-order chi connectivity index (χ0) is 13.9. The number of fused-ring (bicyclic) bond motifs is 1. The van der Waals surface area contributed by atoms with Gasteiger partial charge in [-0.2, -0.15) is 0 Å². The normalized spacial score (nSPS) is 28.8. The van der Waals surface area contributed by atoms with Crippen molar-refractivity contribution in [3.8, 4) is 5.75 Å². The predicted octanol–water partition coefficient (Wildman–Crippen LogP) is 4.61. The Labute approximate surface area is 129 Å². The highest BCUT2D eigenvalue weighted by molar-refractivity contribution is 9.10. The van der Waals surface area contributed by atoms with Crippen LogP contribution in [0, 0.1) is 5.92 Å².